The quantitative estimate of drug-likeness (QED) is 0.663. The van der Waals surface area contributed by atoms with E-state index in [0.29, 0.717) is 6.04 Å². The van der Waals surface area contributed by atoms with Crippen LogP contribution in [0.2, 0.25) is 0 Å². The van der Waals surface area contributed by atoms with Gasteiger partial charge in [0.15, 0.2) is 0 Å². The molecule has 0 N–H and O–H groups in total. The lowest BCUT2D eigenvalue weighted by atomic mass is 10.1. The first kappa shape index (κ1) is 11.1. The highest BCUT2D eigenvalue weighted by atomic mass is 35.5. The summed E-state index contributed by atoms with van der Waals surface area (Å²) < 4.78 is 0. The molecule has 2 unspecified atom stereocenters. The number of nitrogens with zero attached hydrogens (tertiary/aromatic N) is 1. The van der Waals surface area contributed by atoms with Gasteiger partial charge in [-0.05, 0) is 25.7 Å². The number of hydrogen-bond donors (Lipinski definition) is 0. The largest absolute Gasteiger partial charge is 0.295 e. The summed E-state index contributed by atoms with van der Waals surface area (Å²) in [6.45, 7) is 10.4. The first-order chi connectivity index (χ1) is 6.09. The molecule has 13 heavy (non-hydrogen) atoms. The van der Waals surface area contributed by atoms with Crippen LogP contribution in [0.1, 0.15) is 33.1 Å². The van der Waals surface area contributed by atoms with Crippen LogP contribution in [0.5, 0.6) is 0 Å². The molecule has 76 valence electrons. The maximum atomic E-state index is 5.84. The van der Waals surface area contributed by atoms with Crippen LogP contribution < -0.4 is 0 Å². The first-order valence-electron chi connectivity index (χ1n) is 5.17. The summed E-state index contributed by atoms with van der Waals surface area (Å²) in [5.41, 5.74) is 0. The third kappa shape index (κ3) is 3.70. The van der Waals surface area contributed by atoms with Gasteiger partial charge in [0.1, 0.15) is 0 Å². The average Bonchev–Trinajstić information content (AvgIpc) is 2.14. The molecule has 2 heteroatoms. The minimum atomic E-state index is 0.667. The van der Waals surface area contributed by atoms with Gasteiger partial charge in [-0.3, -0.25) is 4.90 Å². The summed E-state index contributed by atoms with van der Waals surface area (Å²) >= 11 is 5.84. The van der Waals surface area contributed by atoms with Crippen molar-refractivity contribution in [2.45, 2.75) is 39.2 Å². The monoisotopic (exact) mass is 201 g/mol. The topological polar surface area (TPSA) is 3.24 Å². The second kappa shape index (κ2) is 5.02. The summed E-state index contributed by atoms with van der Waals surface area (Å²) in [4.78, 5) is 2.45. The molecule has 0 aromatic carbocycles. The Balaban J connectivity index is 2.51. The molecule has 0 aliphatic carbocycles. The molecule has 1 aliphatic heterocycles. The lowest BCUT2D eigenvalue weighted by Crippen LogP contribution is -2.35. The van der Waals surface area contributed by atoms with E-state index in [-0.39, 0.29) is 0 Å². The molecule has 0 radical (unpaired) electrons. The second-order valence-electron chi connectivity index (χ2n) is 4.33. The number of rotatable bonds is 2. The van der Waals surface area contributed by atoms with E-state index in [4.69, 9.17) is 11.6 Å². The fourth-order valence-corrected chi connectivity index (χ4v) is 2.21. The van der Waals surface area contributed by atoms with Gasteiger partial charge in [-0.1, -0.05) is 31.5 Å². The molecule has 0 spiro atoms. The fourth-order valence-electron chi connectivity index (χ4n) is 2.06. The lowest BCUT2D eigenvalue weighted by molar-refractivity contribution is 0.215. The third-order valence-corrected chi connectivity index (χ3v) is 2.98. The van der Waals surface area contributed by atoms with Crippen molar-refractivity contribution in [3.63, 3.8) is 0 Å². The lowest BCUT2D eigenvalue weighted by Gasteiger charge is -2.27. The van der Waals surface area contributed by atoms with Crippen molar-refractivity contribution in [2.24, 2.45) is 5.92 Å². The Labute approximate surface area is 86.8 Å². The Hall–Kier alpha value is -0.0100. The van der Waals surface area contributed by atoms with E-state index >= 15 is 0 Å². The maximum Gasteiger partial charge on any atom is 0.0338 e. The molecule has 1 saturated heterocycles. The van der Waals surface area contributed by atoms with Crippen molar-refractivity contribution < 1.29 is 0 Å². The van der Waals surface area contributed by atoms with Crippen molar-refractivity contribution in [3.05, 3.63) is 11.6 Å². The predicted molar refractivity (Wildman–Crippen MR) is 59.0 cm³/mol. The minimum absolute atomic E-state index is 0.667. The standard InChI is InChI=1S/C11H20ClN/c1-9-5-4-6-11(3)13(7-9)8-10(2)12/h9,11H,2,4-8H2,1,3H3. The highest BCUT2D eigenvalue weighted by Gasteiger charge is 2.20. The highest BCUT2D eigenvalue weighted by Crippen LogP contribution is 2.21. The molecule has 1 heterocycles. The molecule has 2 atom stereocenters. The Morgan fingerprint density at radius 1 is 1.46 bits per heavy atom. The molecular weight excluding hydrogens is 182 g/mol. The molecule has 1 rings (SSSR count). The SMILES string of the molecule is C=C(Cl)CN1CC(C)CCCC1C. The van der Waals surface area contributed by atoms with E-state index in [1.165, 1.54) is 25.8 Å². The summed E-state index contributed by atoms with van der Waals surface area (Å²) in [6, 6.07) is 0.667. The predicted octanol–water partition coefficient (Wildman–Crippen LogP) is 3.25. The molecule has 0 saturated carbocycles. The van der Waals surface area contributed by atoms with E-state index in [1.54, 1.807) is 0 Å². The Bertz CT molecular complexity index is 179. The molecule has 0 aromatic rings. The Kier molecular flexibility index (Phi) is 4.27. The Morgan fingerprint density at radius 2 is 2.15 bits per heavy atom. The van der Waals surface area contributed by atoms with Crippen LogP contribution in [0.25, 0.3) is 0 Å². The molecule has 0 aromatic heterocycles. The van der Waals surface area contributed by atoms with Crippen LogP contribution in [0.15, 0.2) is 11.6 Å². The van der Waals surface area contributed by atoms with Crippen molar-refractivity contribution >= 4 is 11.6 Å². The third-order valence-electron chi connectivity index (χ3n) is 2.86. The second-order valence-corrected chi connectivity index (χ2v) is 4.87. The van der Waals surface area contributed by atoms with Crippen molar-refractivity contribution in [2.75, 3.05) is 13.1 Å². The van der Waals surface area contributed by atoms with Crippen LogP contribution in [0, 0.1) is 5.92 Å². The molecule has 1 aliphatic rings. The van der Waals surface area contributed by atoms with Gasteiger partial charge in [0.25, 0.3) is 0 Å². The number of hydrogen-bond acceptors (Lipinski definition) is 1. The van der Waals surface area contributed by atoms with Crippen LogP contribution in [0.4, 0.5) is 0 Å². The van der Waals surface area contributed by atoms with Crippen molar-refractivity contribution in [1.29, 1.82) is 0 Å². The van der Waals surface area contributed by atoms with Gasteiger partial charge in [0, 0.05) is 24.2 Å². The van der Waals surface area contributed by atoms with Crippen molar-refractivity contribution in [3.8, 4) is 0 Å². The zero-order valence-corrected chi connectivity index (χ0v) is 9.48. The molecule has 0 amide bonds. The van der Waals surface area contributed by atoms with Gasteiger partial charge in [0.2, 0.25) is 0 Å². The van der Waals surface area contributed by atoms with Gasteiger partial charge in [0.05, 0.1) is 0 Å². The van der Waals surface area contributed by atoms with E-state index in [1.807, 2.05) is 0 Å². The van der Waals surface area contributed by atoms with Crippen molar-refractivity contribution in [1.82, 2.24) is 4.90 Å². The summed E-state index contributed by atoms with van der Waals surface area (Å²) in [6.07, 6.45) is 4.01. The molecular formula is C11H20ClN. The fraction of sp³-hybridized carbons (Fsp3) is 0.818. The summed E-state index contributed by atoms with van der Waals surface area (Å²) in [7, 11) is 0. The van der Waals surface area contributed by atoms with E-state index < -0.39 is 0 Å². The van der Waals surface area contributed by atoms with E-state index in [2.05, 4.69) is 25.3 Å². The first-order valence-corrected chi connectivity index (χ1v) is 5.54. The zero-order chi connectivity index (χ0) is 9.84. The zero-order valence-electron chi connectivity index (χ0n) is 8.72. The van der Waals surface area contributed by atoms with Gasteiger partial charge < -0.3 is 0 Å². The van der Waals surface area contributed by atoms with Gasteiger partial charge in [-0.2, -0.15) is 0 Å². The smallest absolute Gasteiger partial charge is 0.0338 e. The van der Waals surface area contributed by atoms with Crippen LogP contribution in [-0.2, 0) is 0 Å². The maximum absolute atomic E-state index is 5.84. The van der Waals surface area contributed by atoms with Crippen LogP contribution in [-0.4, -0.2) is 24.0 Å². The van der Waals surface area contributed by atoms with Crippen LogP contribution >= 0.6 is 11.6 Å². The highest BCUT2D eigenvalue weighted by molar-refractivity contribution is 6.29. The Morgan fingerprint density at radius 3 is 2.77 bits per heavy atom. The average molecular weight is 202 g/mol. The molecule has 0 bridgehead atoms. The van der Waals surface area contributed by atoms with Crippen LogP contribution in [0.3, 0.4) is 0 Å². The summed E-state index contributed by atoms with van der Waals surface area (Å²) in [5.74, 6) is 0.806. The molecule has 1 nitrogen and oxygen atoms in total. The number of likely N-dealkylation sites (tertiary alicyclic amines) is 1. The van der Waals surface area contributed by atoms with Gasteiger partial charge in [-0.15, -0.1) is 0 Å². The van der Waals surface area contributed by atoms with E-state index in [9.17, 15) is 0 Å². The normalized spacial score (nSPS) is 31.3. The summed E-state index contributed by atoms with van der Waals surface area (Å²) in [5, 5.41) is 0.765. The van der Waals surface area contributed by atoms with Gasteiger partial charge in [-0.25, -0.2) is 0 Å². The molecule has 1 fully saturated rings. The minimum Gasteiger partial charge on any atom is -0.295 e. The number of halogens is 1. The van der Waals surface area contributed by atoms with E-state index in [0.717, 1.165) is 17.5 Å². The van der Waals surface area contributed by atoms with Gasteiger partial charge >= 0.3 is 0 Å².